The summed E-state index contributed by atoms with van der Waals surface area (Å²) in [4.78, 5) is 0. The minimum absolute atomic E-state index is 0.116. The van der Waals surface area contributed by atoms with Crippen LogP contribution in [0.2, 0.25) is 0 Å². The molecule has 0 aliphatic heterocycles. The smallest absolute Gasteiger partial charge is 0.265 e. The van der Waals surface area contributed by atoms with Gasteiger partial charge in [-0.2, -0.15) is 0 Å². The van der Waals surface area contributed by atoms with Crippen molar-refractivity contribution >= 4 is 11.4 Å². The Morgan fingerprint density at radius 3 is 2.19 bits per heavy atom. The molecule has 1 rings (SSSR count). The third kappa shape index (κ3) is 2.99. The van der Waals surface area contributed by atoms with Crippen molar-refractivity contribution in [3.63, 3.8) is 0 Å². The van der Waals surface area contributed by atoms with Gasteiger partial charge in [0.1, 0.15) is 11.8 Å². The molecule has 90 valence electrons. The highest BCUT2D eigenvalue weighted by molar-refractivity contribution is 5.54. The van der Waals surface area contributed by atoms with Gasteiger partial charge in [0.25, 0.3) is 6.43 Å². The lowest BCUT2D eigenvalue weighted by Crippen LogP contribution is -2.27. The first kappa shape index (κ1) is 12.6. The quantitative estimate of drug-likeness (QED) is 0.551. The van der Waals surface area contributed by atoms with E-state index in [2.05, 4.69) is 5.32 Å². The van der Waals surface area contributed by atoms with E-state index in [0.717, 1.165) is 12.1 Å². The zero-order valence-corrected chi connectivity index (χ0v) is 8.05. The Hall–Kier alpha value is -1.50. The van der Waals surface area contributed by atoms with Crippen molar-refractivity contribution in [2.24, 2.45) is 0 Å². The topological polar surface area (TPSA) is 58.3 Å². The lowest BCUT2D eigenvalue weighted by Gasteiger charge is -2.13. The molecule has 0 aliphatic carbocycles. The van der Waals surface area contributed by atoms with Gasteiger partial charge in [0.05, 0.1) is 0 Å². The van der Waals surface area contributed by atoms with Gasteiger partial charge >= 0.3 is 0 Å². The van der Waals surface area contributed by atoms with Gasteiger partial charge in [0.2, 0.25) is 0 Å². The van der Waals surface area contributed by atoms with Gasteiger partial charge in [-0.15, -0.1) is 0 Å². The largest absolute Gasteiger partial charge is 0.399 e. The molecule has 0 aromatic heterocycles. The average molecular weight is 238 g/mol. The van der Waals surface area contributed by atoms with Gasteiger partial charge in [0.15, 0.2) is 11.6 Å². The highest BCUT2D eigenvalue weighted by atomic mass is 19.3. The third-order valence-corrected chi connectivity index (χ3v) is 1.84. The molecule has 1 unspecified atom stereocenters. The molecule has 0 amide bonds. The van der Waals surface area contributed by atoms with E-state index in [1.54, 1.807) is 0 Å². The Morgan fingerprint density at radius 2 is 1.75 bits per heavy atom. The zero-order chi connectivity index (χ0) is 12.3. The summed E-state index contributed by atoms with van der Waals surface area (Å²) in [5, 5.41) is 10.8. The highest BCUT2D eigenvalue weighted by Crippen LogP contribution is 2.21. The van der Waals surface area contributed by atoms with Crippen molar-refractivity contribution in [3.8, 4) is 0 Å². The average Bonchev–Trinajstić information content (AvgIpc) is 2.15. The molecule has 1 aromatic carbocycles. The van der Waals surface area contributed by atoms with Crippen LogP contribution in [0.15, 0.2) is 12.1 Å². The van der Waals surface area contributed by atoms with Gasteiger partial charge in [-0.1, -0.05) is 0 Å². The Labute approximate surface area is 88.9 Å². The summed E-state index contributed by atoms with van der Waals surface area (Å²) in [6.07, 6.45) is -4.97. The molecule has 0 saturated carbocycles. The monoisotopic (exact) mass is 238 g/mol. The van der Waals surface area contributed by atoms with Crippen molar-refractivity contribution in [3.05, 3.63) is 23.8 Å². The molecule has 0 radical (unpaired) electrons. The number of rotatable bonds is 4. The standard InChI is InChI=1S/C9H10F4N2O/c10-5-1-4(14)2-6(11)8(5)15-3-7(16)9(12)13/h1-2,7,9,15-16H,3,14H2. The van der Waals surface area contributed by atoms with Crippen LogP contribution < -0.4 is 11.1 Å². The second-order valence-electron chi connectivity index (χ2n) is 3.14. The molecule has 0 heterocycles. The molecule has 0 bridgehead atoms. The number of anilines is 2. The Bertz CT molecular complexity index is 350. The molecule has 1 atom stereocenters. The summed E-state index contributed by atoms with van der Waals surface area (Å²) in [5.41, 5.74) is 4.45. The van der Waals surface area contributed by atoms with Crippen LogP contribution in [0.4, 0.5) is 28.9 Å². The summed E-state index contributed by atoms with van der Waals surface area (Å²) in [6.45, 7) is -0.657. The lowest BCUT2D eigenvalue weighted by atomic mass is 10.2. The third-order valence-electron chi connectivity index (χ3n) is 1.84. The first-order valence-electron chi connectivity index (χ1n) is 4.36. The van der Waals surface area contributed by atoms with E-state index in [9.17, 15) is 17.6 Å². The number of nitrogens with one attached hydrogen (secondary N) is 1. The van der Waals surface area contributed by atoms with Crippen molar-refractivity contribution in [1.29, 1.82) is 0 Å². The number of benzene rings is 1. The van der Waals surface area contributed by atoms with Gasteiger partial charge in [-0.05, 0) is 12.1 Å². The summed E-state index contributed by atoms with van der Waals surface area (Å²) < 4.78 is 50.0. The van der Waals surface area contributed by atoms with Gasteiger partial charge in [-0.3, -0.25) is 0 Å². The first-order chi connectivity index (χ1) is 7.41. The fourth-order valence-corrected chi connectivity index (χ4v) is 1.06. The Balaban J connectivity index is 2.74. The van der Waals surface area contributed by atoms with Crippen molar-refractivity contribution < 1.29 is 22.7 Å². The van der Waals surface area contributed by atoms with Crippen LogP contribution in [-0.2, 0) is 0 Å². The van der Waals surface area contributed by atoms with Crippen LogP contribution in [-0.4, -0.2) is 24.2 Å². The number of hydrogen-bond donors (Lipinski definition) is 3. The number of hydrogen-bond acceptors (Lipinski definition) is 3. The number of aliphatic hydroxyl groups excluding tert-OH is 1. The predicted molar refractivity (Wildman–Crippen MR) is 51.3 cm³/mol. The molecule has 3 nitrogen and oxygen atoms in total. The van der Waals surface area contributed by atoms with Crippen LogP contribution in [0, 0.1) is 11.6 Å². The summed E-state index contributed by atoms with van der Waals surface area (Å²) in [7, 11) is 0. The predicted octanol–water partition coefficient (Wildman–Crippen LogP) is 1.58. The molecule has 0 saturated heterocycles. The van der Waals surface area contributed by atoms with Crippen molar-refractivity contribution in [1.82, 2.24) is 0 Å². The Morgan fingerprint density at radius 1 is 1.25 bits per heavy atom. The summed E-state index contributed by atoms with van der Waals surface area (Å²) in [6, 6.07) is 1.69. The molecule has 4 N–H and O–H groups in total. The number of nitrogen functional groups attached to an aromatic ring is 1. The van der Waals surface area contributed by atoms with E-state index in [-0.39, 0.29) is 5.69 Å². The molecule has 0 aliphatic rings. The van der Waals surface area contributed by atoms with Gasteiger partial charge < -0.3 is 16.2 Å². The number of aliphatic hydroxyl groups is 1. The van der Waals surface area contributed by atoms with E-state index in [1.807, 2.05) is 0 Å². The molecule has 7 heteroatoms. The van der Waals surface area contributed by atoms with E-state index in [1.165, 1.54) is 0 Å². The normalized spacial score (nSPS) is 12.9. The first-order valence-corrected chi connectivity index (χ1v) is 4.36. The van der Waals surface area contributed by atoms with Gasteiger partial charge in [0, 0.05) is 12.2 Å². The van der Waals surface area contributed by atoms with E-state index >= 15 is 0 Å². The maximum absolute atomic E-state index is 13.1. The van der Waals surface area contributed by atoms with Crippen LogP contribution in [0.3, 0.4) is 0 Å². The molecule has 0 fully saturated rings. The van der Waals surface area contributed by atoms with Crippen LogP contribution >= 0.6 is 0 Å². The van der Waals surface area contributed by atoms with Crippen LogP contribution in [0.5, 0.6) is 0 Å². The molecule has 16 heavy (non-hydrogen) atoms. The van der Waals surface area contributed by atoms with Crippen molar-refractivity contribution in [2.45, 2.75) is 12.5 Å². The second-order valence-corrected chi connectivity index (χ2v) is 3.14. The fourth-order valence-electron chi connectivity index (χ4n) is 1.06. The lowest BCUT2D eigenvalue weighted by molar-refractivity contribution is 0.00378. The van der Waals surface area contributed by atoms with E-state index in [4.69, 9.17) is 10.8 Å². The maximum atomic E-state index is 13.1. The summed E-state index contributed by atoms with van der Waals surface area (Å²) >= 11 is 0. The van der Waals surface area contributed by atoms with E-state index in [0.29, 0.717) is 0 Å². The molecule has 1 aromatic rings. The molecule has 0 spiro atoms. The minimum atomic E-state index is -2.98. The van der Waals surface area contributed by atoms with Crippen LogP contribution in [0.25, 0.3) is 0 Å². The Kier molecular flexibility index (Phi) is 3.94. The van der Waals surface area contributed by atoms with Crippen LogP contribution in [0.1, 0.15) is 0 Å². The van der Waals surface area contributed by atoms with E-state index < -0.39 is 36.4 Å². The summed E-state index contributed by atoms with van der Waals surface area (Å²) in [5.74, 6) is -2.00. The highest BCUT2D eigenvalue weighted by Gasteiger charge is 2.18. The molecular formula is C9H10F4N2O. The SMILES string of the molecule is Nc1cc(F)c(NCC(O)C(F)F)c(F)c1. The maximum Gasteiger partial charge on any atom is 0.265 e. The zero-order valence-electron chi connectivity index (χ0n) is 8.05. The fraction of sp³-hybridized carbons (Fsp3) is 0.333. The number of halogens is 4. The minimum Gasteiger partial charge on any atom is -0.399 e. The van der Waals surface area contributed by atoms with Crippen molar-refractivity contribution in [2.75, 3.05) is 17.6 Å². The number of alkyl halides is 2. The number of nitrogens with two attached hydrogens (primary N) is 1. The molecular weight excluding hydrogens is 228 g/mol. The van der Waals surface area contributed by atoms with Gasteiger partial charge in [-0.25, -0.2) is 17.6 Å². The second kappa shape index (κ2) is 5.02.